The third kappa shape index (κ3) is 4.38. The van der Waals surface area contributed by atoms with Crippen LogP contribution in [0.25, 0.3) is 6.08 Å². The van der Waals surface area contributed by atoms with Crippen LogP contribution in [0.2, 0.25) is 0 Å². The second kappa shape index (κ2) is 8.56. The Morgan fingerprint density at radius 2 is 1.93 bits per heavy atom. The van der Waals surface area contributed by atoms with E-state index >= 15 is 0 Å². The fourth-order valence-electron chi connectivity index (χ4n) is 4.19. The molecule has 6 heteroatoms. The van der Waals surface area contributed by atoms with Crippen LogP contribution in [0.3, 0.4) is 0 Å². The van der Waals surface area contributed by atoms with Crippen LogP contribution in [-0.4, -0.2) is 36.9 Å². The van der Waals surface area contributed by atoms with E-state index in [0.29, 0.717) is 28.0 Å². The Kier molecular flexibility index (Phi) is 5.86. The predicted molar refractivity (Wildman–Crippen MR) is 121 cm³/mol. The Morgan fingerprint density at radius 1 is 1.17 bits per heavy atom. The van der Waals surface area contributed by atoms with Gasteiger partial charge in [0.05, 0.1) is 17.7 Å². The van der Waals surface area contributed by atoms with E-state index in [1.165, 1.54) is 11.8 Å². The van der Waals surface area contributed by atoms with Gasteiger partial charge in [0, 0.05) is 23.5 Å². The molecule has 30 heavy (non-hydrogen) atoms. The molecular formula is C24H26N2O3S. The van der Waals surface area contributed by atoms with Crippen molar-refractivity contribution >= 4 is 35.3 Å². The van der Waals surface area contributed by atoms with E-state index in [2.05, 4.69) is 19.2 Å². The van der Waals surface area contributed by atoms with Crippen LogP contribution in [0.15, 0.2) is 52.3 Å². The topological polar surface area (TPSA) is 58.6 Å². The maximum atomic E-state index is 13.0. The molecule has 2 aromatic rings. The van der Waals surface area contributed by atoms with E-state index in [0.717, 1.165) is 35.7 Å². The lowest BCUT2D eigenvalue weighted by Crippen LogP contribution is -2.42. The SMILES string of the molecule is COc1cccc(C=C2Sc3ccc(C(=O)N4CC(C)CC(C)C4)cc3NC2=O)c1. The van der Waals surface area contributed by atoms with Crippen LogP contribution >= 0.6 is 11.8 Å². The summed E-state index contributed by atoms with van der Waals surface area (Å²) in [6.07, 6.45) is 3.00. The van der Waals surface area contributed by atoms with Gasteiger partial charge in [-0.3, -0.25) is 9.59 Å². The monoisotopic (exact) mass is 422 g/mol. The third-order valence-corrected chi connectivity index (χ3v) is 6.57. The lowest BCUT2D eigenvalue weighted by atomic mass is 9.91. The van der Waals surface area contributed by atoms with Gasteiger partial charge in [-0.15, -0.1) is 0 Å². The molecule has 0 aromatic heterocycles. The Morgan fingerprint density at radius 3 is 2.67 bits per heavy atom. The van der Waals surface area contributed by atoms with E-state index in [1.807, 2.05) is 47.4 Å². The van der Waals surface area contributed by atoms with E-state index in [9.17, 15) is 9.59 Å². The van der Waals surface area contributed by atoms with Crippen molar-refractivity contribution in [2.45, 2.75) is 25.2 Å². The number of methoxy groups -OCH3 is 1. The third-order valence-electron chi connectivity index (χ3n) is 5.47. The van der Waals surface area contributed by atoms with E-state index < -0.39 is 0 Å². The van der Waals surface area contributed by atoms with Gasteiger partial charge in [0.2, 0.25) is 0 Å². The average Bonchev–Trinajstić information content (AvgIpc) is 2.73. The number of likely N-dealkylation sites (tertiary alicyclic amines) is 1. The largest absolute Gasteiger partial charge is 0.497 e. The summed E-state index contributed by atoms with van der Waals surface area (Å²) in [5.74, 6) is 1.63. The number of nitrogens with zero attached hydrogens (tertiary/aromatic N) is 1. The highest BCUT2D eigenvalue weighted by atomic mass is 32.2. The van der Waals surface area contributed by atoms with Gasteiger partial charge in [-0.25, -0.2) is 0 Å². The van der Waals surface area contributed by atoms with Crippen LogP contribution in [0.4, 0.5) is 5.69 Å². The zero-order chi connectivity index (χ0) is 21.3. The molecule has 0 spiro atoms. The number of hydrogen-bond acceptors (Lipinski definition) is 4. The quantitative estimate of drug-likeness (QED) is 0.715. The predicted octanol–water partition coefficient (Wildman–Crippen LogP) is 4.90. The molecule has 2 atom stereocenters. The standard InChI is InChI=1S/C24H26N2O3S/c1-15-9-16(2)14-26(13-15)24(28)18-7-8-21-20(12-18)25-23(27)22(30-21)11-17-5-4-6-19(10-17)29-3/h4-8,10-12,15-16H,9,13-14H2,1-3H3,(H,25,27). The van der Waals surface area contributed by atoms with Crippen molar-refractivity contribution in [3.8, 4) is 5.75 Å². The van der Waals surface area contributed by atoms with Gasteiger partial charge >= 0.3 is 0 Å². The molecule has 5 nitrogen and oxygen atoms in total. The number of amides is 2. The van der Waals surface area contributed by atoms with Crippen molar-refractivity contribution in [3.05, 3.63) is 58.5 Å². The minimum absolute atomic E-state index is 0.0353. The molecule has 0 aliphatic carbocycles. The summed E-state index contributed by atoms with van der Waals surface area (Å²) >= 11 is 1.41. The summed E-state index contributed by atoms with van der Waals surface area (Å²) in [4.78, 5) is 29.1. The molecule has 2 aliphatic heterocycles. The fourth-order valence-corrected chi connectivity index (χ4v) is 5.12. The number of benzene rings is 2. The first-order chi connectivity index (χ1) is 14.4. The van der Waals surface area contributed by atoms with E-state index in [4.69, 9.17) is 4.74 Å². The first-order valence-corrected chi connectivity index (χ1v) is 11.0. The summed E-state index contributed by atoms with van der Waals surface area (Å²) in [6, 6.07) is 13.2. The molecule has 0 radical (unpaired) electrons. The van der Waals surface area contributed by atoms with Crippen molar-refractivity contribution in [3.63, 3.8) is 0 Å². The number of carbonyl (C=O) groups is 2. The lowest BCUT2D eigenvalue weighted by molar-refractivity contribution is -0.112. The normalized spacial score (nSPS) is 22.4. The maximum absolute atomic E-state index is 13.0. The molecule has 4 rings (SSSR count). The minimum Gasteiger partial charge on any atom is -0.497 e. The van der Waals surface area contributed by atoms with Crippen molar-refractivity contribution < 1.29 is 14.3 Å². The molecular weight excluding hydrogens is 396 g/mol. The minimum atomic E-state index is -0.167. The van der Waals surface area contributed by atoms with Gasteiger partial charge < -0.3 is 15.0 Å². The van der Waals surface area contributed by atoms with Crippen molar-refractivity contribution in [2.24, 2.45) is 11.8 Å². The number of carbonyl (C=O) groups excluding carboxylic acids is 2. The summed E-state index contributed by atoms with van der Waals surface area (Å²) < 4.78 is 5.25. The summed E-state index contributed by atoms with van der Waals surface area (Å²) in [6.45, 7) is 5.95. The zero-order valence-corrected chi connectivity index (χ0v) is 18.3. The van der Waals surface area contributed by atoms with Gasteiger partial charge in [-0.05, 0) is 60.2 Å². The van der Waals surface area contributed by atoms with Gasteiger partial charge in [0.1, 0.15) is 5.75 Å². The van der Waals surface area contributed by atoms with Crippen molar-refractivity contribution in [1.29, 1.82) is 0 Å². The Balaban J connectivity index is 1.55. The fraction of sp³-hybridized carbons (Fsp3) is 0.333. The number of anilines is 1. The molecule has 0 bridgehead atoms. The zero-order valence-electron chi connectivity index (χ0n) is 17.5. The Bertz CT molecular complexity index is 1010. The smallest absolute Gasteiger partial charge is 0.262 e. The molecule has 1 saturated heterocycles. The molecule has 2 aromatic carbocycles. The number of thioether (sulfide) groups is 1. The van der Waals surface area contributed by atoms with Crippen LogP contribution in [-0.2, 0) is 4.79 Å². The van der Waals surface area contributed by atoms with Crippen LogP contribution < -0.4 is 10.1 Å². The lowest BCUT2D eigenvalue weighted by Gasteiger charge is -2.35. The molecule has 2 unspecified atom stereocenters. The van der Waals surface area contributed by atoms with Gasteiger partial charge in [0.25, 0.3) is 11.8 Å². The molecule has 1 N–H and O–H groups in total. The second-order valence-electron chi connectivity index (χ2n) is 8.21. The van der Waals surface area contributed by atoms with Crippen LogP contribution in [0.1, 0.15) is 36.2 Å². The highest BCUT2D eigenvalue weighted by Gasteiger charge is 2.28. The first kappa shape index (κ1) is 20.5. The molecule has 2 amide bonds. The number of fused-ring (bicyclic) bond motifs is 1. The van der Waals surface area contributed by atoms with Gasteiger partial charge in [-0.1, -0.05) is 37.7 Å². The van der Waals surface area contributed by atoms with Crippen LogP contribution in [0.5, 0.6) is 5.75 Å². The number of nitrogens with one attached hydrogen (secondary N) is 1. The van der Waals surface area contributed by atoms with E-state index in [1.54, 1.807) is 13.2 Å². The number of ether oxygens (including phenoxy) is 1. The van der Waals surface area contributed by atoms with Crippen molar-refractivity contribution in [1.82, 2.24) is 4.90 Å². The Labute approximate surface area is 181 Å². The maximum Gasteiger partial charge on any atom is 0.262 e. The summed E-state index contributed by atoms with van der Waals surface area (Å²) in [5, 5.41) is 2.94. The molecule has 2 aliphatic rings. The Hall–Kier alpha value is -2.73. The molecule has 1 fully saturated rings. The number of piperidine rings is 1. The average molecular weight is 423 g/mol. The molecule has 2 heterocycles. The number of rotatable bonds is 3. The highest BCUT2D eigenvalue weighted by molar-refractivity contribution is 8.04. The highest BCUT2D eigenvalue weighted by Crippen LogP contribution is 2.39. The van der Waals surface area contributed by atoms with Crippen molar-refractivity contribution in [2.75, 3.05) is 25.5 Å². The molecule has 156 valence electrons. The first-order valence-electron chi connectivity index (χ1n) is 10.2. The van der Waals surface area contributed by atoms with Gasteiger partial charge in [0.15, 0.2) is 0 Å². The summed E-state index contributed by atoms with van der Waals surface area (Å²) in [7, 11) is 1.62. The second-order valence-corrected chi connectivity index (χ2v) is 9.29. The number of hydrogen-bond donors (Lipinski definition) is 1. The summed E-state index contributed by atoms with van der Waals surface area (Å²) in [5.41, 5.74) is 2.21. The van der Waals surface area contributed by atoms with Crippen LogP contribution in [0, 0.1) is 11.8 Å². The van der Waals surface area contributed by atoms with Gasteiger partial charge in [-0.2, -0.15) is 0 Å². The molecule has 0 saturated carbocycles. The van der Waals surface area contributed by atoms with E-state index in [-0.39, 0.29) is 11.8 Å².